The van der Waals surface area contributed by atoms with Gasteiger partial charge in [0.2, 0.25) is 11.7 Å². The van der Waals surface area contributed by atoms with Gasteiger partial charge in [-0.05, 0) is 43.5 Å². The van der Waals surface area contributed by atoms with Gasteiger partial charge in [0, 0.05) is 13.1 Å². The molecule has 3 aromatic rings. The van der Waals surface area contributed by atoms with E-state index in [9.17, 15) is 22.8 Å². The molecule has 0 unspecified atom stereocenters. The Kier molecular flexibility index (Phi) is 5.66. The Morgan fingerprint density at radius 1 is 1.00 bits per heavy atom. The Hall–Kier alpha value is -3.56. The number of piperidine rings is 1. The van der Waals surface area contributed by atoms with Crippen molar-refractivity contribution in [1.82, 2.24) is 14.5 Å². The van der Waals surface area contributed by atoms with Gasteiger partial charge in [0.1, 0.15) is 12.3 Å². The van der Waals surface area contributed by atoms with Crippen LogP contribution < -0.4 is 9.64 Å². The molecule has 5 rings (SSSR count). The average molecular weight is 472 g/mol. The number of hydrogen-bond acceptors (Lipinski definition) is 4. The van der Waals surface area contributed by atoms with Gasteiger partial charge in [-0.1, -0.05) is 24.3 Å². The van der Waals surface area contributed by atoms with E-state index >= 15 is 0 Å². The minimum atomic E-state index is -4.73. The zero-order valence-electron chi connectivity index (χ0n) is 18.3. The summed E-state index contributed by atoms with van der Waals surface area (Å²) >= 11 is 0. The molecule has 0 radical (unpaired) electrons. The average Bonchev–Trinajstić information content (AvgIpc) is 3.22. The minimum absolute atomic E-state index is 0.0703. The highest BCUT2D eigenvalue weighted by Crippen LogP contribution is 2.35. The third-order valence-electron chi connectivity index (χ3n) is 6.22. The molecule has 0 saturated carbocycles. The summed E-state index contributed by atoms with van der Waals surface area (Å²) in [6, 6.07) is 12.9. The van der Waals surface area contributed by atoms with Crippen LogP contribution in [0.2, 0.25) is 0 Å². The van der Waals surface area contributed by atoms with Gasteiger partial charge in [-0.3, -0.25) is 9.59 Å². The second-order valence-corrected chi connectivity index (χ2v) is 8.47. The van der Waals surface area contributed by atoms with Gasteiger partial charge < -0.3 is 19.1 Å². The molecule has 0 spiro atoms. The van der Waals surface area contributed by atoms with Crippen LogP contribution in [0.1, 0.15) is 25.1 Å². The van der Waals surface area contributed by atoms with Crippen LogP contribution in [0.4, 0.5) is 18.9 Å². The van der Waals surface area contributed by atoms with Crippen molar-refractivity contribution in [1.29, 1.82) is 0 Å². The van der Waals surface area contributed by atoms with Gasteiger partial charge >= 0.3 is 6.18 Å². The number of aromatic nitrogens is 2. The third-order valence-corrected chi connectivity index (χ3v) is 6.22. The lowest BCUT2D eigenvalue weighted by Gasteiger charge is -2.37. The summed E-state index contributed by atoms with van der Waals surface area (Å²) < 4.78 is 48.0. The summed E-state index contributed by atoms with van der Waals surface area (Å²) in [6.45, 7) is 0.613. The standard InChI is InChI=1S/C24H23F3N4O3/c25-24(26,27)23-28-16-8-2-3-9-17(16)31(23)15-21(32)30-14-20(22(33)29-12-6-1-7-13-29)34-19-11-5-4-10-18(19)30/h2-5,8-11,20H,1,6-7,12-15H2/t20-/m0/s1. The van der Waals surface area contributed by atoms with Crippen LogP contribution >= 0.6 is 0 Å². The van der Waals surface area contributed by atoms with E-state index in [1.54, 1.807) is 41.3 Å². The Bertz CT molecular complexity index is 1230. The Morgan fingerprint density at radius 2 is 1.71 bits per heavy atom. The van der Waals surface area contributed by atoms with Crippen molar-refractivity contribution in [3.8, 4) is 5.75 Å². The number of likely N-dealkylation sites (tertiary alicyclic amines) is 1. The lowest BCUT2D eigenvalue weighted by molar-refractivity contribution is -0.147. The number of ether oxygens (including phenoxy) is 1. The van der Waals surface area contributed by atoms with Gasteiger partial charge in [-0.25, -0.2) is 4.98 Å². The molecule has 3 heterocycles. The van der Waals surface area contributed by atoms with E-state index in [-0.39, 0.29) is 23.5 Å². The Balaban J connectivity index is 1.47. The lowest BCUT2D eigenvalue weighted by atomic mass is 10.1. The number of halogens is 3. The lowest BCUT2D eigenvalue weighted by Crippen LogP contribution is -2.53. The van der Waals surface area contributed by atoms with E-state index in [1.807, 2.05) is 0 Å². The molecule has 0 bridgehead atoms. The Labute approximate surface area is 193 Å². The molecule has 178 valence electrons. The molecular weight excluding hydrogens is 449 g/mol. The van der Waals surface area contributed by atoms with E-state index < -0.39 is 30.6 Å². The molecule has 2 aliphatic rings. The summed E-state index contributed by atoms with van der Waals surface area (Å²) in [5.74, 6) is -1.58. The molecule has 1 atom stereocenters. The molecule has 1 fully saturated rings. The number of hydrogen-bond donors (Lipinski definition) is 0. The highest BCUT2D eigenvalue weighted by Gasteiger charge is 2.40. The Morgan fingerprint density at radius 3 is 2.47 bits per heavy atom. The fourth-order valence-corrected chi connectivity index (χ4v) is 4.59. The van der Waals surface area contributed by atoms with Crippen LogP contribution in [0.5, 0.6) is 5.75 Å². The fraction of sp³-hybridized carbons (Fsp3) is 0.375. The minimum Gasteiger partial charge on any atom is -0.476 e. The summed E-state index contributed by atoms with van der Waals surface area (Å²) in [5.41, 5.74) is 0.794. The summed E-state index contributed by atoms with van der Waals surface area (Å²) in [6.07, 6.45) is -2.77. The van der Waals surface area contributed by atoms with Crippen LogP contribution in [-0.4, -0.2) is 52.0 Å². The largest absolute Gasteiger partial charge is 0.476 e. The third kappa shape index (κ3) is 4.08. The van der Waals surface area contributed by atoms with Crippen molar-refractivity contribution in [3.63, 3.8) is 0 Å². The monoisotopic (exact) mass is 472 g/mol. The first-order valence-corrected chi connectivity index (χ1v) is 11.2. The zero-order chi connectivity index (χ0) is 23.9. The van der Waals surface area contributed by atoms with Gasteiger partial charge in [0.05, 0.1) is 23.3 Å². The van der Waals surface area contributed by atoms with Crippen LogP contribution in [0.25, 0.3) is 11.0 Å². The van der Waals surface area contributed by atoms with Crippen LogP contribution in [-0.2, 0) is 22.3 Å². The molecule has 1 saturated heterocycles. The predicted molar refractivity (Wildman–Crippen MR) is 118 cm³/mol. The number of fused-ring (bicyclic) bond motifs is 2. The first-order valence-electron chi connectivity index (χ1n) is 11.2. The molecule has 0 aliphatic carbocycles. The topological polar surface area (TPSA) is 67.7 Å². The predicted octanol–water partition coefficient (Wildman–Crippen LogP) is 3.86. The van der Waals surface area contributed by atoms with Crippen molar-refractivity contribution in [2.75, 3.05) is 24.5 Å². The number of amides is 2. The molecule has 10 heteroatoms. The van der Waals surface area contributed by atoms with Crippen molar-refractivity contribution in [2.24, 2.45) is 0 Å². The van der Waals surface area contributed by atoms with Gasteiger partial charge in [0.25, 0.3) is 5.91 Å². The van der Waals surface area contributed by atoms with Gasteiger partial charge in [0.15, 0.2) is 6.10 Å². The molecule has 0 N–H and O–H groups in total. The normalized spacial score (nSPS) is 18.5. The maximum atomic E-state index is 13.7. The molecule has 7 nitrogen and oxygen atoms in total. The maximum absolute atomic E-state index is 13.7. The number of alkyl halides is 3. The zero-order valence-corrected chi connectivity index (χ0v) is 18.3. The van der Waals surface area contributed by atoms with E-state index in [1.165, 1.54) is 17.0 Å². The van der Waals surface area contributed by atoms with Crippen molar-refractivity contribution < 1.29 is 27.5 Å². The number of carbonyl (C=O) groups is 2. The second kappa shape index (κ2) is 8.66. The first-order chi connectivity index (χ1) is 16.3. The van der Waals surface area contributed by atoms with E-state index in [4.69, 9.17) is 4.74 Å². The highest BCUT2D eigenvalue weighted by molar-refractivity contribution is 5.98. The quantitative estimate of drug-likeness (QED) is 0.581. The molecular formula is C24H23F3N4O3. The number of imidazole rings is 1. The second-order valence-electron chi connectivity index (χ2n) is 8.47. The van der Waals surface area contributed by atoms with Crippen LogP contribution in [0, 0.1) is 0 Å². The van der Waals surface area contributed by atoms with E-state index in [0.29, 0.717) is 24.5 Å². The molecule has 1 aromatic heterocycles. The summed E-state index contributed by atoms with van der Waals surface area (Å²) in [5, 5.41) is 0. The summed E-state index contributed by atoms with van der Waals surface area (Å²) in [7, 11) is 0. The van der Waals surface area contributed by atoms with Gasteiger partial charge in [-0.15, -0.1) is 0 Å². The fourth-order valence-electron chi connectivity index (χ4n) is 4.59. The van der Waals surface area contributed by atoms with Crippen LogP contribution in [0.15, 0.2) is 48.5 Å². The number of rotatable bonds is 3. The number of para-hydroxylation sites is 4. The number of benzene rings is 2. The number of nitrogens with zero attached hydrogens (tertiary/aromatic N) is 4. The van der Waals surface area contributed by atoms with E-state index in [0.717, 1.165) is 23.8 Å². The highest BCUT2D eigenvalue weighted by atomic mass is 19.4. The van der Waals surface area contributed by atoms with Crippen molar-refractivity contribution in [3.05, 3.63) is 54.4 Å². The van der Waals surface area contributed by atoms with E-state index in [2.05, 4.69) is 4.98 Å². The smallest absolute Gasteiger partial charge is 0.449 e. The van der Waals surface area contributed by atoms with Crippen LogP contribution in [0.3, 0.4) is 0 Å². The number of carbonyl (C=O) groups excluding carboxylic acids is 2. The molecule has 2 aliphatic heterocycles. The molecule has 34 heavy (non-hydrogen) atoms. The first kappa shape index (κ1) is 22.2. The van der Waals surface area contributed by atoms with Crippen molar-refractivity contribution >= 4 is 28.5 Å². The number of anilines is 1. The molecule has 2 amide bonds. The maximum Gasteiger partial charge on any atom is 0.449 e. The van der Waals surface area contributed by atoms with Crippen molar-refractivity contribution in [2.45, 2.75) is 38.1 Å². The molecule has 2 aromatic carbocycles. The van der Waals surface area contributed by atoms with Gasteiger partial charge in [-0.2, -0.15) is 13.2 Å². The SMILES string of the molecule is O=C([C@@H]1CN(C(=O)Cn2c(C(F)(F)F)nc3ccccc32)c2ccccc2O1)N1CCCCC1. The summed E-state index contributed by atoms with van der Waals surface area (Å²) in [4.78, 5) is 33.3.